The fourth-order valence-electron chi connectivity index (χ4n) is 8.86. The third kappa shape index (κ3) is 27.2. The smallest absolute Gasteiger partial charge is 0.328 e. The molecule has 17 nitrogen and oxygen atoms in total. The van der Waals surface area contributed by atoms with E-state index in [0.717, 1.165) is 108 Å². The highest BCUT2D eigenvalue weighted by Crippen LogP contribution is 2.22. The number of hydrogen-bond acceptors (Lipinski definition) is 17. The van der Waals surface area contributed by atoms with Gasteiger partial charge in [0.25, 0.3) is 0 Å². The minimum Gasteiger partial charge on any atom is -0.468 e. The van der Waals surface area contributed by atoms with Crippen LogP contribution in [0.3, 0.4) is 0 Å². The van der Waals surface area contributed by atoms with Crippen molar-refractivity contribution >= 4 is 29.4 Å². The summed E-state index contributed by atoms with van der Waals surface area (Å²) in [5.41, 5.74) is 15.5. The quantitative estimate of drug-likeness (QED) is 0.0309. The van der Waals surface area contributed by atoms with Crippen LogP contribution in [0.15, 0.2) is 36.4 Å². The van der Waals surface area contributed by atoms with Crippen molar-refractivity contribution in [1.82, 2.24) is 39.7 Å². The second kappa shape index (κ2) is 37.1. The summed E-state index contributed by atoms with van der Waals surface area (Å²) in [5.74, 6) is 1.40. The summed E-state index contributed by atoms with van der Waals surface area (Å²) < 4.78 is 20.3. The molecule has 4 N–H and O–H groups in total. The standard InChI is InChI=1S/C27H41N5O3.C21H35N3O3.C6H7ClN2.C3H8O/c1-20-19-26(29-21(2)28-20)31-25(27(33)35-4)14-16-32(17-18-34-3)15-8-7-10-23-13-12-22-9-5-6-11-24(22)30-23;1-26-16-15-24(14-12-19(22)21(25)27-2)13-6-5-8-18-11-10-17-7-3-4-9-20(17)23-18;1-4-3-6(7)9-5(2)8-4;1-3(2)4/h12-13,19,25H,5-11,14-18H2,1-4H3,(H,28,29,31);10-11,19H,3-9,12-16,22H2,1-2H3;3H,1-2H3;3-4H,1-2H3/t25-;19-;;/m00../s1. The maximum atomic E-state index is 12.5. The molecule has 2 atom stereocenters. The number of aliphatic hydroxyl groups excluding tert-OH is 1. The fourth-order valence-corrected chi connectivity index (χ4v) is 9.14. The number of methoxy groups -OCH3 is 4. The van der Waals surface area contributed by atoms with Crippen LogP contribution in [0.25, 0.3) is 0 Å². The molecule has 0 spiro atoms. The Balaban J connectivity index is 0.000000325. The molecule has 0 bridgehead atoms. The Bertz CT molecular complexity index is 2180. The number of ether oxygens (including phenoxy) is 4. The summed E-state index contributed by atoms with van der Waals surface area (Å²) in [6.45, 7) is 17.4. The summed E-state index contributed by atoms with van der Waals surface area (Å²) in [4.78, 5) is 55.0. The zero-order chi connectivity index (χ0) is 55.0. The number of carbonyl (C=O) groups excluding carboxylic acids is 2. The van der Waals surface area contributed by atoms with Crippen molar-refractivity contribution in [3.05, 3.63) is 98.5 Å². The number of carbonyl (C=O) groups is 2. The number of nitrogens with two attached hydrogens (primary N) is 1. The fraction of sp³-hybridized carbons (Fsp3) is 0.649. The molecule has 0 unspecified atom stereocenters. The number of aliphatic hydroxyl groups is 1. The summed E-state index contributed by atoms with van der Waals surface area (Å²) in [6, 6.07) is 11.5. The molecular weight excluding hydrogens is 972 g/mol. The minimum atomic E-state index is -0.556. The van der Waals surface area contributed by atoms with Crippen molar-refractivity contribution in [2.45, 2.75) is 162 Å². The maximum absolute atomic E-state index is 12.5. The van der Waals surface area contributed by atoms with E-state index < -0.39 is 12.1 Å². The van der Waals surface area contributed by atoms with E-state index in [1.54, 1.807) is 34.1 Å². The van der Waals surface area contributed by atoms with Gasteiger partial charge in [-0.05, 0) is 187 Å². The van der Waals surface area contributed by atoms with E-state index in [1.165, 1.54) is 86.6 Å². The predicted molar refractivity (Wildman–Crippen MR) is 298 cm³/mol. The van der Waals surface area contributed by atoms with Crippen molar-refractivity contribution in [3.63, 3.8) is 0 Å². The molecule has 0 fully saturated rings. The molecule has 0 aromatic carbocycles. The first-order valence-electron chi connectivity index (χ1n) is 27.1. The van der Waals surface area contributed by atoms with Crippen LogP contribution in [-0.4, -0.2) is 156 Å². The third-order valence-corrected chi connectivity index (χ3v) is 12.9. The highest BCUT2D eigenvalue weighted by atomic mass is 35.5. The van der Waals surface area contributed by atoms with E-state index >= 15 is 0 Å². The first-order valence-corrected chi connectivity index (χ1v) is 27.5. The molecule has 2 aliphatic carbocycles. The lowest BCUT2D eigenvalue weighted by Crippen LogP contribution is -2.37. The first-order chi connectivity index (χ1) is 36.0. The van der Waals surface area contributed by atoms with Crippen molar-refractivity contribution in [2.24, 2.45) is 5.73 Å². The molecule has 0 aliphatic heterocycles. The number of unbranched alkanes of at least 4 members (excludes halogenated alkanes) is 2. The monoisotopic (exact) mass is 1060 g/mol. The van der Waals surface area contributed by atoms with Crippen LogP contribution >= 0.6 is 11.6 Å². The predicted octanol–water partition coefficient (Wildman–Crippen LogP) is 7.94. The van der Waals surface area contributed by atoms with Gasteiger partial charge >= 0.3 is 11.9 Å². The summed E-state index contributed by atoms with van der Waals surface area (Å²) in [7, 11) is 6.23. The van der Waals surface area contributed by atoms with E-state index in [9.17, 15) is 9.59 Å². The normalized spacial score (nSPS) is 13.5. The Labute approximate surface area is 453 Å². The van der Waals surface area contributed by atoms with Crippen molar-refractivity contribution < 1.29 is 33.6 Å². The minimum absolute atomic E-state index is 0.167. The molecule has 0 radical (unpaired) electrons. The second-order valence-corrected chi connectivity index (χ2v) is 20.0. The van der Waals surface area contributed by atoms with Gasteiger partial charge in [0.05, 0.1) is 27.4 Å². The zero-order valence-electron chi connectivity index (χ0n) is 47.1. The average molecular weight is 1060 g/mol. The molecule has 2 aliphatic rings. The Morgan fingerprint density at radius 2 is 1.09 bits per heavy atom. The summed E-state index contributed by atoms with van der Waals surface area (Å²) in [5, 5.41) is 11.8. The zero-order valence-corrected chi connectivity index (χ0v) is 47.9. The topological polar surface area (TPSA) is 213 Å². The molecule has 0 saturated heterocycles. The Morgan fingerprint density at radius 1 is 0.627 bits per heavy atom. The van der Waals surface area contributed by atoms with Gasteiger partial charge in [-0.15, -0.1) is 0 Å². The average Bonchev–Trinajstić information content (AvgIpc) is 3.38. The lowest BCUT2D eigenvalue weighted by Gasteiger charge is -2.25. The molecule has 0 amide bonds. The van der Waals surface area contributed by atoms with Gasteiger partial charge in [-0.1, -0.05) is 23.7 Å². The van der Waals surface area contributed by atoms with Gasteiger partial charge in [0, 0.05) is 86.7 Å². The SMILES string of the molecule is CC(C)O.COCCN(CCCCc1ccc2c(n1)CCCC2)CC[C@H](N)C(=O)OC.COCCN(CCCCc1ccc2c(n1)CCCC2)CC[C@H](Nc1cc(C)nc(C)n1)C(=O)OC.Cc1cc(Cl)nc(C)n1. The maximum Gasteiger partial charge on any atom is 0.328 e. The number of pyridine rings is 2. The Morgan fingerprint density at radius 3 is 1.55 bits per heavy atom. The number of nitrogens with one attached hydrogen (secondary N) is 1. The van der Waals surface area contributed by atoms with Gasteiger partial charge in [-0.2, -0.15) is 0 Å². The Hall–Kier alpha value is -4.75. The number of halogens is 1. The van der Waals surface area contributed by atoms with Gasteiger partial charge < -0.3 is 44.9 Å². The molecular formula is C57H91ClN10O7. The number of nitrogens with zero attached hydrogens (tertiary/aromatic N) is 8. The molecule has 4 heterocycles. The first kappa shape index (κ1) is 64.5. The summed E-state index contributed by atoms with van der Waals surface area (Å²) >= 11 is 5.60. The van der Waals surface area contributed by atoms with Crippen molar-refractivity contribution in [3.8, 4) is 0 Å². The third-order valence-electron chi connectivity index (χ3n) is 12.7. The number of anilines is 1. The van der Waals surface area contributed by atoms with Gasteiger partial charge in [-0.25, -0.2) is 24.7 Å². The number of aromatic nitrogens is 6. The van der Waals surface area contributed by atoms with Gasteiger partial charge in [0.15, 0.2) is 0 Å². The van der Waals surface area contributed by atoms with Crippen LogP contribution in [0, 0.1) is 27.7 Å². The van der Waals surface area contributed by atoms with Crippen LogP contribution in [-0.2, 0) is 67.1 Å². The summed E-state index contributed by atoms with van der Waals surface area (Å²) in [6.07, 6.45) is 17.2. The number of fused-ring (bicyclic) bond motifs is 2. The second-order valence-electron chi connectivity index (χ2n) is 19.7. The lowest BCUT2D eigenvalue weighted by atomic mass is 9.95. The van der Waals surface area contributed by atoms with Crippen LogP contribution in [0.5, 0.6) is 0 Å². The number of hydrogen-bond donors (Lipinski definition) is 3. The molecule has 0 saturated carbocycles. The van der Waals surface area contributed by atoms with Gasteiger partial charge in [0.1, 0.15) is 34.7 Å². The van der Waals surface area contributed by atoms with Crippen LogP contribution in [0.2, 0.25) is 5.15 Å². The van der Waals surface area contributed by atoms with E-state index in [2.05, 4.69) is 59.3 Å². The van der Waals surface area contributed by atoms with Crippen LogP contribution in [0.1, 0.15) is 135 Å². The van der Waals surface area contributed by atoms with E-state index in [1.807, 2.05) is 33.8 Å². The highest BCUT2D eigenvalue weighted by molar-refractivity contribution is 6.29. The highest BCUT2D eigenvalue weighted by Gasteiger charge is 2.22. The van der Waals surface area contributed by atoms with Crippen molar-refractivity contribution in [1.29, 1.82) is 0 Å². The number of aryl methyl sites for hydroxylation is 10. The van der Waals surface area contributed by atoms with Crippen LogP contribution < -0.4 is 11.1 Å². The van der Waals surface area contributed by atoms with E-state index in [-0.39, 0.29) is 18.0 Å². The molecule has 6 rings (SSSR count). The number of esters is 2. The number of rotatable bonds is 26. The largest absolute Gasteiger partial charge is 0.468 e. The molecule has 418 valence electrons. The molecule has 4 aromatic heterocycles. The van der Waals surface area contributed by atoms with Gasteiger partial charge in [0.2, 0.25) is 0 Å². The lowest BCUT2D eigenvalue weighted by molar-refractivity contribution is -0.143. The Kier molecular flexibility index (Phi) is 31.9. The van der Waals surface area contributed by atoms with Gasteiger partial charge in [-0.3, -0.25) is 14.8 Å². The van der Waals surface area contributed by atoms with Crippen LogP contribution in [0.4, 0.5) is 5.82 Å². The molecule has 18 heteroatoms. The molecule has 4 aromatic rings. The van der Waals surface area contributed by atoms with Crippen molar-refractivity contribution in [2.75, 3.05) is 86.2 Å². The molecule has 75 heavy (non-hydrogen) atoms. The van der Waals surface area contributed by atoms with E-state index in [4.69, 9.17) is 51.4 Å². The van der Waals surface area contributed by atoms with E-state index in [0.29, 0.717) is 42.9 Å².